The standard InChI is InChI=1S/C19H20N6O/c1-24-4-2-13(11-24)12-26-18-10-22-15(9-20)7-17(18)14-3-5-25-16(6-14)8-19(21)23-25/h3,5-8,10,13H,2,4,11-12H2,1H3,(H2,21,23). The third-order valence-corrected chi connectivity index (χ3v) is 4.74. The molecule has 2 N–H and O–H groups in total. The molecule has 1 saturated heterocycles. The number of nitrogens with zero attached hydrogens (tertiary/aromatic N) is 5. The first-order chi connectivity index (χ1) is 12.6. The predicted molar refractivity (Wildman–Crippen MR) is 98.6 cm³/mol. The van der Waals surface area contributed by atoms with Gasteiger partial charge in [-0.2, -0.15) is 10.4 Å². The molecule has 0 amide bonds. The van der Waals surface area contributed by atoms with Gasteiger partial charge in [0.1, 0.15) is 23.3 Å². The first-order valence-electron chi connectivity index (χ1n) is 8.59. The molecule has 1 aliphatic rings. The topological polar surface area (TPSA) is 92.5 Å². The van der Waals surface area contributed by atoms with Gasteiger partial charge in [0.15, 0.2) is 0 Å². The minimum Gasteiger partial charge on any atom is -0.491 e. The van der Waals surface area contributed by atoms with Crippen LogP contribution in [0.25, 0.3) is 16.6 Å². The Morgan fingerprint density at radius 2 is 2.27 bits per heavy atom. The zero-order valence-electron chi connectivity index (χ0n) is 14.6. The van der Waals surface area contributed by atoms with Gasteiger partial charge in [-0.05, 0) is 43.8 Å². The quantitative estimate of drug-likeness (QED) is 0.777. The number of nitriles is 1. The number of nitrogens with two attached hydrogens (primary N) is 1. The van der Waals surface area contributed by atoms with Crippen molar-refractivity contribution in [1.82, 2.24) is 19.5 Å². The van der Waals surface area contributed by atoms with Crippen LogP contribution in [0.5, 0.6) is 5.75 Å². The van der Waals surface area contributed by atoms with Crippen molar-refractivity contribution in [3.8, 4) is 22.9 Å². The largest absolute Gasteiger partial charge is 0.491 e. The molecular formula is C19H20N6O. The molecule has 7 heteroatoms. The van der Waals surface area contributed by atoms with Crippen LogP contribution in [0, 0.1) is 17.2 Å². The molecule has 4 heterocycles. The van der Waals surface area contributed by atoms with Crippen LogP contribution in [0.2, 0.25) is 0 Å². The number of hydrogen-bond acceptors (Lipinski definition) is 6. The Bertz CT molecular complexity index is 989. The molecule has 26 heavy (non-hydrogen) atoms. The number of anilines is 1. The van der Waals surface area contributed by atoms with E-state index < -0.39 is 0 Å². The molecule has 1 unspecified atom stereocenters. The Morgan fingerprint density at radius 1 is 1.38 bits per heavy atom. The molecule has 132 valence electrons. The lowest BCUT2D eigenvalue weighted by atomic mass is 10.1. The Hall–Kier alpha value is -3.11. The van der Waals surface area contributed by atoms with E-state index >= 15 is 0 Å². The highest BCUT2D eigenvalue weighted by Crippen LogP contribution is 2.32. The summed E-state index contributed by atoms with van der Waals surface area (Å²) in [6.07, 6.45) is 4.63. The zero-order chi connectivity index (χ0) is 18.1. The Morgan fingerprint density at radius 3 is 3.04 bits per heavy atom. The molecule has 7 nitrogen and oxygen atoms in total. The van der Waals surface area contributed by atoms with Crippen molar-refractivity contribution < 1.29 is 4.74 Å². The lowest BCUT2D eigenvalue weighted by molar-refractivity contribution is 0.249. The summed E-state index contributed by atoms with van der Waals surface area (Å²) in [5.74, 6) is 1.67. The number of pyridine rings is 2. The summed E-state index contributed by atoms with van der Waals surface area (Å²) in [6.45, 7) is 2.79. The maximum absolute atomic E-state index is 9.22. The van der Waals surface area contributed by atoms with Crippen LogP contribution in [-0.2, 0) is 0 Å². The number of nitrogen functional groups attached to an aromatic ring is 1. The SMILES string of the molecule is CN1CCC(COc2cnc(C#N)cc2-c2ccn3nc(N)cc3c2)C1. The Kier molecular flexibility index (Phi) is 4.19. The van der Waals surface area contributed by atoms with E-state index in [9.17, 15) is 5.26 Å². The first-order valence-corrected chi connectivity index (χ1v) is 8.59. The second kappa shape index (κ2) is 6.65. The van der Waals surface area contributed by atoms with Crippen LogP contribution in [0.4, 0.5) is 5.82 Å². The van der Waals surface area contributed by atoms with Crippen molar-refractivity contribution >= 4 is 11.3 Å². The predicted octanol–water partition coefficient (Wildman–Crippen LogP) is 2.18. The maximum atomic E-state index is 9.22. The molecule has 1 aliphatic heterocycles. The number of aromatic nitrogens is 3. The van der Waals surface area contributed by atoms with Gasteiger partial charge in [-0.3, -0.25) is 0 Å². The molecule has 3 aromatic rings. The summed E-state index contributed by atoms with van der Waals surface area (Å²) in [5.41, 5.74) is 8.81. The third-order valence-electron chi connectivity index (χ3n) is 4.74. The molecule has 1 atom stereocenters. The van der Waals surface area contributed by atoms with Gasteiger partial charge in [0, 0.05) is 30.3 Å². The lowest BCUT2D eigenvalue weighted by Crippen LogP contribution is -2.18. The van der Waals surface area contributed by atoms with E-state index in [0.717, 1.165) is 36.2 Å². The van der Waals surface area contributed by atoms with E-state index in [4.69, 9.17) is 10.5 Å². The van der Waals surface area contributed by atoms with E-state index in [1.165, 1.54) is 0 Å². The summed E-state index contributed by atoms with van der Waals surface area (Å²) >= 11 is 0. The summed E-state index contributed by atoms with van der Waals surface area (Å²) < 4.78 is 7.82. The Labute approximate surface area is 151 Å². The number of hydrogen-bond donors (Lipinski definition) is 1. The van der Waals surface area contributed by atoms with Crippen LogP contribution in [0.3, 0.4) is 0 Å². The van der Waals surface area contributed by atoms with Crippen molar-refractivity contribution in [3.05, 3.63) is 42.4 Å². The molecular weight excluding hydrogens is 328 g/mol. The number of likely N-dealkylation sites (tertiary alicyclic amines) is 1. The molecule has 0 bridgehead atoms. The molecule has 0 saturated carbocycles. The maximum Gasteiger partial charge on any atom is 0.146 e. The van der Waals surface area contributed by atoms with Gasteiger partial charge in [-0.15, -0.1) is 0 Å². The van der Waals surface area contributed by atoms with E-state index in [1.54, 1.807) is 16.8 Å². The van der Waals surface area contributed by atoms with E-state index in [0.29, 0.717) is 29.8 Å². The zero-order valence-corrected chi connectivity index (χ0v) is 14.6. The van der Waals surface area contributed by atoms with Gasteiger partial charge in [-0.25, -0.2) is 9.50 Å². The molecule has 0 spiro atoms. The summed E-state index contributed by atoms with van der Waals surface area (Å²) in [4.78, 5) is 6.49. The summed E-state index contributed by atoms with van der Waals surface area (Å²) in [7, 11) is 2.13. The molecule has 0 aromatic carbocycles. The minimum atomic E-state index is 0.362. The molecule has 4 rings (SSSR count). The van der Waals surface area contributed by atoms with Crippen molar-refractivity contribution in [3.63, 3.8) is 0 Å². The second-order valence-electron chi connectivity index (χ2n) is 6.76. The molecule has 3 aromatic heterocycles. The van der Waals surface area contributed by atoms with Gasteiger partial charge >= 0.3 is 0 Å². The van der Waals surface area contributed by atoms with Crippen molar-refractivity contribution in [1.29, 1.82) is 5.26 Å². The fraction of sp³-hybridized carbons (Fsp3) is 0.316. The molecule has 1 fully saturated rings. The highest BCUT2D eigenvalue weighted by molar-refractivity contribution is 5.75. The summed E-state index contributed by atoms with van der Waals surface area (Å²) in [6, 6.07) is 9.59. The van der Waals surface area contributed by atoms with Crippen LogP contribution in [0.15, 0.2) is 36.7 Å². The number of fused-ring (bicyclic) bond motifs is 1. The van der Waals surface area contributed by atoms with Gasteiger partial charge in [0.2, 0.25) is 0 Å². The number of ether oxygens (including phenoxy) is 1. The monoisotopic (exact) mass is 348 g/mol. The van der Waals surface area contributed by atoms with Crippen molar-refractivity contribution in [2.45, 2.75) is 6.42 Å². The van der Waals surface area contributed by atoms with Gasteiger partial charge in [-0.1, -0.05) is 0 Å². The fourth-order valence-electron chi connectivity index (χ4n) is 3.40. The van der Waals surface area contributed by atoms with E-state index in [2.05, 4.69) is 28.1 Å². The van der Waals surface area contributed by atoms with Crippen molar-refractivity contribution in [2.24, 2.45) is 5.92 Å². The van der Waals surface area contributed by atoms with Crippen LogP contribution < -0.4 is 10.5 Å². The third kappa shape index (κ3) is 3.19. The average Bonchev–Trinajstić information content (AvgIpc) is 3.23. The lowest BCUT2D eigenvalue weighted by Gasteiger charge is -2.15. The van der Waals surface area contributed by atoms with Crippen molar-refractivity contribution in [2.75, 3.05) is 32.5 Å². The number of rotatable bonds is 4. The fourth-order valence-corrected chi connectivity index (χ4v) is 3.40. The summed E-state index contributed by atoms with van der Waals surface area (Å²) in [5, 5.41) is 13.4. The van der Waals surface area contributed by atoms with Gasteiger partial charge in [0.25, 0.3) is 0 Å². The van der Waals surface area contributed by atoms with Crippen LogP contribution >= 0.6 is 0 Å². The second-order valence-corrected chi connectivity index (χ2v) is 6.76. The highest BCUT2D eigenvalue weighted by Gasteiger charge is 2.21. The Balaban J connectivity index is 1.67. The normalized spacial score (nSPS) is 17.5. The van der Waals surface area contributed by atoms with Crippen LogP contribution in [-0.4, -0.2) is 46.2 Å². The van der Waals surface area contributed by atoms with Gasteiger partial charge < -0.3 is 15.4 Å². The van der Waals surface area contributed by atoms with E-state index in [-0.39, 0.29) is 0 Å². The average molecular weight is 348 g/mol. The smallest absolute Gasteiger partial charge is 0.146 e. The first kappa shape index (κ1) is 16.4. The van der Waals surface area contributed by atoms with Crippen LogP contribution in [0.1, 0.15) is 12.1 Å². The van der Waals surface area contributed by atoms with Gasteiger partial charge in [0.05, 0.1) is 18.3 Å². The minimum absolute atomic E-state index is 0.362. The molecule has 0 aliphatic carbocycles. The van der Waals surface area contributed by atoms with E-state index in [1.807, 2.05) is 24.4 Å². The molecule has 0 radical (unpaired) electrons. The highest BCUT2D eigenvalue weighted by atomic mass is 16.5.